The Hall–Kier alpha value is -6.56. The lowest BCUT2D eigenvalue weighted by molar-refractivity contribution is 1.02. The van der Waals surface area contributed by atoms with E-state index in [4.69, 9.17) is 9.97 Å². The van der Waals surface area contributed by atoms with E-state index < -0.39 is 0 Å². The first-order valence-corrected chi connectivity index (χ1v) is 18.0. The SMILES string of the molecule is c1ccc(-c2ccc3c4ccccc4n(-c4cccc(-c5nc(-n6c7ccccc7c7ccccc76)nc6c5sc5ccccc56)c4)c3c2)cc1. The fraction of sp³-hybridized carbons (Fsp3) is 0. The Morgan fingerprint density at radius 3 is 1.71 bits per heavy atom. The molecule has 7 aromatic carbocycles. The number of aromatic nitrogens is 4. The molecule has 51 heavy (non-hydrogen) atoms. The number of fused-ring (bicyclic) bond motifs is 9. The zero-order valence-corrected chi connectivity index (χ0v) is 28.2. The third kappa shape index (κ3) is 4.25. The standard InChI is InChI=1S/C46H28N4S/c1-2-13-29(14-3-1)30-25-26-36-35-19-4-8-21-38(35)49(41(36)28-30)32-16-12-15-31(27-32)43-45-44(37-20-7-11-24-42(37)51-45)48-46(47-43)50-39-22-9-5-17-33(39)34-18-6-10-23-40(34)50/h1-28H. The maximum atomic E-state index is 5.46. The maximum Gasteiger partial charge on any atom is 0.235 e. The van der Waals surface area contributed by atoms with Crippen LogP contribution in [-0.2, 0) is 0 Å². The molecule has 11 rings (SSSR count). The third-order valence-electron chi connectivity index (χ3n) is 10.1. The summed E-state index contributed by atoms with van der Waals surface area (Å²) in [7, 11) is 0. The van der Waals surface area contributed by atoms with Crippen LogP contribution < -0.4 is 0 Å². The van der Waals surface area contributed by atoms with Gasteiger partial charge in [0.25, 0.3) is 0 Å². The summed E-state index contributed by atoms with van der Waals surface area (Å²) in [5.41, 5.74) is 11.0. The molecule has 0 spiro atoms. The Bertz CT molecular complexity index is 3090. The summed E-state index contributed by atoms with van der Waals surface area (Å²) < 4.78 is 6.92. The molecule has 0 aliphatic carbocycles. The van der Waals surface area contributed by atoms with E-state index >= 15 is 0 Å². The van der Waals surface area contributed by atoms with Crippen molar-refractivity contribution in [2.75, 3.05) is 0 Å². The summed E-state index contributed by atoms with van der Waals surface area (Å²) in [6.07, 6.45) is 0. The number of para-hydroxylation sites is 3. The molecule has 5 heteroatoms. The number of hydrogen-bond acceptors (Lipinski definition) is 3. The predicted octanol–water partition coefficient (Wildman–Crippen LogP) is 12.4. The van der Waals surface area contributed by atoms with Gasteiger partial charge in [-0.3, -0.25) is 4.57 Å². The van der Waals surface area contributed by atoms with Gasteiger partial charge in [0.1, 0.15) is 0 Å². The third-order valence-corrected chi connectivity index (χ3v) is 11.3. The van der Waals surface area contributed by atoms with E-state index in [-0.39, 0.29) is 0 Å². The van der Waals surface area contributed by atoms with E-state index in [1.807, 2.05) is 0 Å². The van der Waals surface area contributed by atoms with Crippen LogP contribution in [0.25, 0.3) is 97.9 Å². The Labute approximate surface area is 297 Å². The molecule has 4 nitrogen and oxygen atoms in total. The van der Waals surface area contributed by atoms with E-state index in [9.17, 15) is 0 Å². The molecule has 0 saturated heterocycles. The van der Waals surface area contributed by atoms with E-state index in [0.717, 1.165) is 43.6 Å². The summed E-state index contributed by atoms with van der Waals surface area (Å²) in [4.78, 5) is 10.8. The Morgan fingerprint density at radius 1 is 0.392 bits per heavy atom. The van der Waals surface area contributed by atoms with Crippen LogP contribution in [0.1, 0.15) is 0 Å². The number of nitrogens with zero attached hydrogens (tertiary/aromatic N) is 4. The molecule has 4 heterocycles. The minimum atomic E-state index is 0.674. The van der Waals surface area contributed by atoms with Gasteiger partial charge in [-0.2, -0.15) is 0 Å². The van der Waals surface area contributed by atoms with Crippen molar-refractivity contribution in [1.82, 2.24) is 19.1 Å². The molecule has 4 aromatic heterocycles. The summed E-state index contributed by atoms with van der Waals surface area (Å²) in [5, 5.41) is 6.00. The minimum absolute atomic E-state index is 0.674. The molecule has 0 atom stereocenters. The predicted molar refractivity (Wildman–Crippen MR) is 214 cm³/mol. The van der Waals surface area contributed by atoms with Gasteiger partial charge in [-0.25, -0.2) is 9.97 Å². The quantitative estimate of drug-likeness (QED) is 0.187. The second-order valence-corrected chi connectivity index (χ2v) is 14.1. The molecule has 0 radical (unpaired) electrons. The largest absolute Gasteiger partial charge is 0.309 e. The smallest absolute Gasteiger partial charge is 0.235 e. The molecular weight excluding hydrogens is 641 g/mol. The molecule has 0 N–H and O–H groups in total. The normalized spacial score (nSPS) is 11.9. The van der Waals surface area contributed by atoms with Gasteiger partial charge < -0.3 is 4.57 Å². The molecule has 0 bridgehead atoms. The van der Waals surface area contributed by atoms with Gasteiger partial charge in [-0.1, -0.05) is 127 Å². The highest BCUT2D eigenvalue weighted by Gasteiger charge is 2.21. The van der Waals surface area contributed by atoms with Gasteiger partial charge in [0.2, 0.25) is 5.95 Å². The molecule has 0 aliphatic rings. The molecule has 0 aliphatic heterocycles. The van der Waals surface area contributed by atoms with Crippen molar-refractivity contribution in [1.29, 1.82) is 0 Å². The molecule has 0 fully saturated rings. The van der Waals surface area contributed by atoms with E-state index in [0.29, 0.717) is 5.95 Å². The van der Waals surface area contributed by atoms with Crippen molar-refractivity contribution in [2.45, 2.75) is 0 Å². The average molecular weight is 669 g/mol. The summed E-state index contributed by atoms with van der Waals surface area (Å²) in [6.45, 7) is 0. The monoisotopic (exact) mass is 668 g/mol. The molecule has 238 valence electrons. The van der Waals surface area contributed by atoms with Gasteiger partial charge in [-0.15, -0.1) is 11.3 Å². The van der Waals surface area contributed by atoms with Crippen LogP contribution in [-0.4, -0.2) is 19.1 Å². The van der Waals surface area contributed by atoms with Gasteiger partial charge in [-0.05, 0) is 53.6 Å². The van der Waals surface area contributed by atoms with Crippen LogP contribution >= 0.6 is 11.3 Å². The van der Waals surface area contributed by atoms with Crippen molar-refractivity contribution in [3.63, 3.8) is 0 Å². The number of benzene rings is 7. The maximum absolute atomic E-state index is 5.46. The van der Waals surface area contributed by atoms with Crippen molar-refractivity contribution < 1.29 is 0 Å². The Kier molecular flexibility index (Phi) is 6.09. The number of hydrogen-bond donors (Lipinski definition) is 0. The summed E-state index contributed by atoms with van der Waals surface area (Å²) in [5.74, 6) is 0.674. The highest BCUT2D eigenvalue weighted by atomic mass is 32.1. The second kappa shape index (κ2) is 11.0. The van der Waals surface area contributed by atoms with Crippen molar-refractivity contribution >= 4 is 75.3 Å². The molecule has 0 unspecified atom stereocenters. The minimum Gasteiger partial charge on any atom is -0.309 e. The first-order valence-electron chi connectivity index (χ1n) is 17.2. The van der Waals surface area contributed by atoms with Crippen molar-refractivity contribution in [3.05, 3.63) is 170 Å². The Balaban J connectivity index is 1.19. The number of rotatable bonds is 4. The molecule has 11 aromatic rings. The summed E-state index contributed by atoms with van der Waals surface area (Å²) >= 11 is 1.76. The highest BCUT2D eigenvalue weighted by molar-refractivity contribution is 7.26. The number of thiophene rings is 1. The van der Waals surface area contributed by atoms with Crippen LogP contribution in [0.5, 0.6) is 0 Å². The fourth-order valence-corrected chi connectivity index (χ4v) is 9.02. The molecule has 0 amide bonds. The first kappa shape index (κ1) is 28.3. The van der Waals surface area contributed by atoms with Crippen LogP contribution in [0, 0.1) is 0 Å². The second-order valence-electron chi connectivity index (χ2n) is 13.0. The van der Waals surface area contributed by atoms with Gasteiger partial charge >= 0.3 is 0 Å². The molecule has 0 saturated carbocycles. The first-order chi connectivity index (χ1) is 25.3. The lowest BCUT2D eigenvalue weighted by Crippen LogP contribution is -2.03. The van der Waals surface area contributed by atoms with Crippen molar-refractivity contribution in [2.24, 2.45) is 0 Å². The zero-order valence-electron chi connectivity index (χ0n) is 27.4. The fourth-order valence-electron chi connectivity index (χ4n) is 7.86. The van der Waals surface area contributed by atoms with Crippen molar-refractivity contribution in [3.8, 4) is 34.0 Å². The summed E-state index contributed by atoms with van der Waals surface area (Å²) in [6, 6.07) is 60.7. The van der Waals surface area contributed by atoms with E-state index in [2.05, 4.69) is 179 Å². The average Bonchev–Trinajstić information content (AvgIpc) is 3.85. The van der Waals surface area contributed by atoms with Gasteiger partial charge in [0, 0.05) is 42.9 Å². The van der Waals surface area contributed by atoms with Crippen LogP contribution in [0.4, 0.5) is 0 Å². The van der Waals surface area contributed by atoms with E-state index in [1.54, 1.807) is 11.3 Å². The lowest BCUT2D eigenvalue weighted by atomic mass is 10.0. The van der Waals surface area contributed by atoms with Crippen LogP contribution in [0.3, 0.4) is 0 Å². The molecular formula is C46H28N4S. The lowest BCUT2D eigenvalue weighted by Gasteiger charge is -2.13. The topological polar surface area (TPSA) is 35.6 Å². The Morgan fingerprint density at radius 2 is 0.980 bits per heavy atom. The van der Waals surface area contributed by atoms with Gasteiger partial charge in [0.05, 0.1) is 38.0 Å². The van der Waals surface area contributed by atoms with Gasteiger partial charge in [0.15, 0.2) is 0 Å². The van der Waals surface area contributed by atoms with Crippen LogP contribution in [0.15, 0.2) is 170 Å². The van der Waals surface area contributed by atoms with E-state index in [1.165, 1.54) is 48.4 Å². The zero-order chi connectivity index (χ0) is 33.5. The van der Waals surface area contributed by atoms with Crippen LogP contribution in [0.2, 0.25) is 0 Å². The highest BCUT2D eigenvalue weighted by Crippen LogP contribution is 2.41.